The van der Waals surface area contributed by atoms with Gasteiger partial charge in [0.15, 0.2) is 18.7 Å². The Morgan fingerprint density at radius 2 is 1.92 bits per heavy atom. The Hall–Kier alpha value is -1.73. The predicted octanol–water partition coefficient (Wildman–Crippen LogP) is 2.35. The summed E-state index contributed by atoms with van der Waals surface area (Å²) in [6.45, 7) is 7.15. The fourth-order valence-electron chi connectivity index (χ4n) is 3.01. The fraction of sp³-hybridized carbons (Fsp3) is 0.500. The number of fused-ring (bicyclic) bond motifs is 1. The van der Waals surface area contributed by atoms with Crippen LogP contribution in [-0.4, -0.2) is 43.3 Å². The molecule has 0 N–H and O–H groups in total. The van der Waals surface area contributed by atoms with Crippen LogP contribution in [0.2, 0.25) is 0 Å². The Bertz CT molecular complexity index is 574. The third kappa shape index (κ3) is 3.52. The van der Waals surface area contributed by atoms with Crippen LogP contribution >= 0.6 is 0 Å². The Morgan fingerprint density at radius 1 is 1.21 bits per heavy atom. The monoisotopic (exact) mass is 334 g/mol. The molecule has 2 fully saturated rings. The van der Waals surface area contributed by atoms with E-state index in [0.29, 0.717) is 0 Å². The first-order valence-electron chi connectivity index (χ1n) is 8.01. The molecule has 2 aliphatic rings. The van der Waals surface area contributed by atoms with Crippen LogP contribution in [0.25, 0.3) is 0 Å². The maximum atomic E-state index is 11.5. The lowest BCUT2D eigenvalue weighted by Crippen LogP contribution is -2.57. The summed E-state index contributed by atoms with van der Waals surface area (Å²) in [5.74, 6) is -0.420. The van der Waals surface area contributed by atoms with Crippen molar-refractivity contribution in [1.29, 1.82) is 0 Å². The summed E-state index contributed by atoms with van der Waals surface area (Å²) in [5.41, 5.74) is 0.907. The van der Waals surface area contributed by atoms with E-state index in [4.69, 9.17) is 23.7 Å². The minimum Gasteiger partial charge on any atom is -0.454 e. The van der Waals surface area contributed by atoms with Gasteiger partial charge in [0, 0.05) is 12.5 Å². The summed E-state index contributed by atoms with van der Waals surface area (Å²) in [6, 6.07) is 9.63. The Morgan fingerprint density at radius 3 is 2.58 bits per heavy atom. The maximum absolute atomic E-state index is 11.5. The van der Waals surface area contributed by atoms with Gasteiger partial charge < -0.3 is 23.7 Å². The Kier molecular flexibility index (Phi) is 5.30. The summed E-state index contributed by atoms with van der Waals surface area (Å²) in [7, 11) is 0. The molecule has 2 aliphatic heterocycles. The Labute approximate surface area is 141 Å². The fourth-order valence-corrected chi connectivity index (χ4v) is 3.01. The first-order chi connectivity index (χ1) is 11.6. The van der Waals surface area contributed by atoms with E-state index >= 15 is 0 Å². The largest absolute Gasteiger partial charge is 0.454 e. The standard InChI is InChI=1S/C18H22O6/c1-4-10-20-18-16(22-12(3)19)15-14(11(2)21-18)23-17(24-15)13-8-6-5-7-9-13/h4-9,11,14-18H,1,10H2,2-3H3/t11-,14+,15+,16-,17+,18+/m1/s1. The lowest BCUT2D eigenvalue weighted by Gasteiger charge is -2.39. The van der Waals surface area contributed by atoms with Crippen LogP contribution in [0.1, 0.15) is 25.7 Å². The van der Waals surface area contributed by atoms with E-state index in [1.54, 1.807) is 6.08 Å². The number of rotatable bonds is 5. The number of hydrogen-bond donors (Lipinski definition) is 0. The van der Waals surface area contributed by atoms with Crippen molar-refractivity contribution < 1.29 is 28.5 Å². The van der Waals surface area contributed by atoms with Crippen molar-refractivity contribution in [2.24, 2.45) is 0 Å². The molecule has 0 saturated carbocycles. The molecular weight excluding hydrogens is 312 g/mol. The second-order valence-corrected chi connectivity index (χ2v) is 5.85. The second-order valence-electron chi connectivity index (χ2n) is 5.85. The molecule has 1 aromatic rings. The van der Waals surface area contributed by atoms with Crippen LogP contribution in [0.4, 0.5) is 0 Å². The maximum Gasteiger partial charge on any atom is 0.303 e. The van der Waals surface area contributed by atoms with E-state index in [-0.39, 0.29) is 18.8 Å². The topological polar surface area (TPSA) is 63.2 Å². The molecule has 3 rings (SSSR count). The lowest BCUT2D eigenvalue weighted by atomic mass is 10.00. The zero-order chi connectivity index (χ0) is 17.1. The summed E-state index contributed by atoms with van der Waals surface area (Å²) >= 11 is 0. The highest BCUT2D eigenvalue weighted by Crippen LogP contribution is 2.40. The highest BCUT2D eigenvalue weighted by molar-refractivity contribution is 5.66. The van der Waals surface area contributed by atoms with Gasteiger partial charge in [0.05, 0.1) is 12.7 Å². The van der Waals surface area contributed by atoms with Gasteiger partial charge in [-0.15, -0.1) is 6.58 Å². The van der Waals surface area contributed by atoms with Crippen LogP contribution in [0.3, 0.4) is 0 Å². The van der Waals surface area contributed by atoms with Crippen LogP contribution in [0, 0.1) is 0 Å². The number of hydrogen-bond acceptors (Lipinski definition) is 6. The third-order valence-corrected chi connectivity index (χ3v) is 4.04. The van der Waals surface area contributed by atoms with Crippen molar-refractivity contribution >= 4 is 5.97 Å². The molecule has 2 saturated heterocycles. The molecule has 0 unspecified atom stereocenters. The number of esters is 1. The van der Waals surface area contributed by atoms with Crippen molar-refractivity contribution in [3.8, 4) is 0 Å². The average Bonchev–Trinajstić information content (AvgIpc) is 3.02. The van der Waals surface area contributed by atoms with Gasteiger partial charge in [0.25, 0.3) is 0 Å². The minimum atomic E-state index is -0.721. The highest BCUT2D eigenvalue weighted by Gasteiger charge is 2.53. The van der Waals surface area contributed by atoms with Crippen LogP contribution in [-0.2, 0) is 28.5 Å². The van der Waals surface area contributed by atoms with Crippen molar-refractivity contribution in [1.82, 2.24) is 0 Å². The van der Waals surface area contributed by atoms with Crippen molar-refractivity contribution in [2.45, 2.75) is 50.8 Å². The van der Waals surface area contributed by atoms with Gasteiger partial charge in [-0.25, -0.2) is 0 Å². The molecule has 0 radical (unpaired) electrons. The summed E-state index contributed by atoms with van der Waals surface area (Å²) in [5, 5.41) is 0. The van der Waals surface area contributed by atoms with Gasteiger partial charge >= 0.3 is 5.97 Å². The number of benzene rings is 1. The first-order valence-corrected chi connectivity index (χ1v) is 8.01. The van der Waals surface area contributed by atoms with Gasteiger partial charge in [0.1, 0.15) is 12.2 Å². The van der Waals surface area contributed by atoms with Gasteiger partial charge in [-0.05, 0) is 6.92 Å². The third-order valence-electron chi connectivity index (χ3n) is 4.04. The quantitative estimate of drug-likeness (QED) is 0.608. The SMILES string of the molecule is C=CCO[C@H]1O[C@H](C)[C@@H]2O[C@H](c3ccccc3)O[C@@H]2[C@H]1OC(C)=O. The zero-order valence-electron chi connectivity index (χ0n) is 13.8. The normalized spacial score (nSPS) is 35.2. The predicted molar refractivity (Wildman–Crippen MR) is 85.0 cm³/mol. The molecule has 0 amide bonds. The number of ether oxygens (including phenoxy) is 5. The van der Waals surface area contributed by atoms with Gasteiger partial charge in [-0.3, -0.25) is 4.79 Å². The van der Waals surface area contributed by atoms with E-state index in [1.165, 1.54) is 6.92 Å². The Balaban J connectivity index is 1.81. The minimum absolute atomic E-state index is 0.259. The van der Waals surface area contributed by atoms with E-state index in [2.05, 4.69) is 6.58 Å². The van der Waals surface area contributed by atoms with E-state index in [0.717, 1.165) is 5.56 Å². The molecule has 6 nitrogen and oxygen atoms in total. The molecular formula is C18H22O6. The van der Waals surface area contributed by atoms with Crippen molar-refractivity contribution in [2.75, 3.05) is 6.61 Å². The second kappa shape index (κ2) is 7.44. The molecule has 0 bridgehead atoms. The van der Waals surface area contributed by atoms with E-state index in [9.17, 15) is 4.79 Å². The molecule has 1 aromatic carbocycles. The first kappa shape index (κ1) is 17.1. The van der Waals surface area contributed by atoms with Gasteiger partial charge in [-0.1, -0.05) is 36.4 Å². The van der Waals surface area contributed by atoms with Crippen molar-refractivity contribution in [3.63, 3.8) is 0 Å². The molecule has 6 heteroatoms. The summed E-state index contributed by atoms with van der Waals surface area (Å²) in [6.07, 6.45) is -1.39. The van der Waals surface area contributed by atoms with Crippen molar-refractivity contribution in [3.05, 3.63) is 48.6 Å². The number of carbonyl (C=O) groups is 1. The molecule has 6 atom stereocenters. The summed E-state index contributed by atoms with van der Waals surface area (Å²) in [4.78, 5) is 11.5. The average molecular weight is 334 g/mol. The molecule has 2 heterocycles. The molecule has 24 heavy (non-hydrogen) atoms. The van der Waals surface area contributed by atoms with Gasteiger partial charge in [-0.2, -0.15) is 0 Å². The number of carbonyl (C=O) groups excluding carboxylic acids is 1. The smallest absolute Gasteiger partial charge is 0.303 e. The molecule has 0 aliphatic carbocycles. The molecule has 0 spiro atoms. The highest BCUT2D eigenvalue weighted by atomic mass is 16.8. The lowest BCUT2D eigenvalue weighted by molar-refractivity contribution is -0.275. The summed E-state index contributed by atoms with van der Waals surface area (Å²) < 4.78 is 29.0. The van der Waals surface area contributed by atoms with Crippen LogP contribution in [0.5, 0.6) is 0 Å². The van der Waals surface area contributed by atoms with E-state index < -0.39 is 30.8 Å². The van der Waals surface area contributed by atoms with Crippen LogP contribution in [0.15, 0.2) is 43.0 Å². The van der Waals surface area contributed by atoms with Gasteiger partial charge in [0.2, 0.25) is 0 Å². The molecule has 130 valence electrons. The van der Waals surface area contributed by atoms with Crippen LogP contribution < -0.4 is 0 Å². The van der Waals surface area contributed by atoms with E-state index in [1.807, 2.05) is 37.3 Å². The zero-order valence-corrected chi connectivity index (χ0v) is 13.8. The molecule has 0 aromatic heterocycles.